The first-order valence-corrected chi connectivity index (χ1v) is 10.7. The van der Waals surface area contributed by atoms with Gasteiger partial charge in [0.2, 0.25) is 5.91 Å². The summed E-state index contributed by atoms with van der Waals surface area (Å²) in [6.45, 7) is 6.64. The van der Waals surface area contributed by atoms with Gasteiger partial charge < -0.3 is 14.5 Å². The van der Waals surface area contributed by atoms with Crippen LogP contribution in [0.4, 0.5) is 5.82 Å². The van der Waals surface area contributed by atoms with E-state index in [9.17, 15) is 4.79 Å². The molecule has 0 spiro atoms. The van der Waals surface area contributed by atoms with Gasteiger partial charge in [-0.3, -0.25) is 4.79 Å². The molecular weight excluding hydrogens is 364 g/mol. The fourth-order valence-corrected chi connectivity index (χ4v) is 4.34. The van der Waals surface area contributed by atoms with Crippen molar-refractivity contribution in [1.29, 1.82) is 0 Å². The molecule has 1 aliphatic carbocycles. The van der Waals surface area contributed by atoms with Gasteiger partial charge in [-0.15, -0.1) is 0 Å². The van der Waals surface area contributed by atoms with Crippen LogP contribution in [0.25, 0.3) is 0 Å². The highest BCUT2D eigenvalue weighted by atomic mass is 16.5. The van der Waals surface area contributed by atoms with Crippen molar-refractivity contribution in [3.8, 4) is 0 Å². The molecule has 1 aromatic heterocycles. The summed E-state index contributed by atoms with van der Waals surface area (Å²) in [5, 5.41) is 0. The maximum absolute atomic E-state index is 12.6. The number of aromatic nitrogens is 2. The average molecular weight is 393 g/mol. The van der Waals surface area contributed by atoms with Crippen LogP contribution in [-0.2, 0) is 28.9 Å². The van der Waals surface area contributed by atoms with E-state index in [4.69, 9.17) is 14.7 Å². The number of benzene rings is 1. The number of fused-ring (bicyclic) bond motifs is 1. The van der Waals surface area contributed by atoms with Crippen molar-refractivity contribution in [2.24, 2.45) is 5.92 Å². The number of hydrogen-bond donors (Lipinski definition) is 0. The van der Waals surface area contributed by atoms with Crippen LogP contribution < -0.4 is 4.90 Å². The van der Waals surface area contributed by atoms with Crippen LogP contribution in [0, 0.1) is 12.8 Å². The molecule has 0 radical (unpaired) electrons. The molecule has 0 unspecified atom stereocenters. The molecule has 6 nitrogen and oxygen atoms in total. The summed E-state index contributed by atoms with van der Waals surface area (Å²) >= 11 is 0. The summed E-state index contributed by atoms with van der Waals surface area (Å²) in [6.07, 6.45) is 3.64. The Hall–Kier alpha value is -2.47. The highest BCUT2D eigenvalue weighted by Gasteiger charge is 2.36. The summed E-state index contributed by atoms with van der Waals surface area (Å²) < 4.78 is 5.55. The quantitative estimate of drug-likeness (QED) is 0.800. The predicted molar refractivity (Wildman–Crippen MR) is 111 cm³/mol. The van der Waals surface area contributed by atoms with Crippen molar-refractivity contribution in [1.82, 2.24) is 14.9 Å². The lowest BCUT2D eigenvalue weighted by Crippen LogP contribution is -2.41. The summed E-state index contributed by atoms with van der Waals surface area (Å²) in [7, 11) is 0. The maximum Gasteiger partial charge on any atom is 0.225 e. The van der Waals surface area contributed by atoms with E-state index in [-0.39, 0.29) is 5.92 Å². The second-order valence-corrected chi connectivity index (χ2v) is 8.44. The lowest BCUT2D eigenvalue weighted by atomic mass is 10.0. The standard InChI is InChI=1S/C23H28N4O2/c1-16-3-2-4-17(13-16)14-21-24-20-7-8-27(23(28)18-5-6-18)15-19(20)22(25-21)26-9-11-29-12-10-26/h2-4,13,18H,5-12,14-15H2,1H3. The molecule has 152 valence electrons. The van der Waals surface area contributed by atoms with Crippen LogP contribution in [0.5, 0.6) is 0 Å². The molecule has 1 amide bonds. The van der Waals surface area contributed by atoms with Crippen LogP contribution in [0.1, 0.15) is 41.1 Å². The third kappa shape index (κ3) is 3.99. The number of carbonyl (C=O) groups excluding carboxylic acids is 1. The molecule has 29 heavy (non-hydrogen) atoms. The van der Waals surface area contributed by atoms with Crippen LogP contribution >= 0.6 is 0 Å². The summed E-state index contributed by atoms with van der Waals surface area (Å²) in [5.74, 6) is 2.45. The van der Waals surface area contributed by atoms with E-state index < -0.39 is 0 Å². The van der Waals surface area contributed by atoms with Crippen molar-refractivity contribution in [3.63, 3.8) is 0 Å². The molecular formula is C23H28N4O2. The molecule has 6 heteroatoms. The fraction of sp³-hybridized carbons (Fsp3) is 0.522. The Kier molecular flexibility index (Phi) is 4.96. The first kappa shape index (κ1) is 18.6. The minimum Gasteiger partial charge on any atom is -0.378 e. The highest BCUT2D eigenvalue weighted by molar-refractivity contribution is 5.81. The summed E-state index contributed by atoms with van der Waals surface area (Å²) in [5.41, 5.74) is 4.74. The first-order chi connectivity index (χ1) is 14.2. The number of hydrogen-bond acceptors (Lipinski definition) is 5. The van der Waals surface area contributed by atoms with Gasteiger partial charge in [-0.25, -0.2) is 9.97 Å². The van der Waals surface area contributed by atoms with Crippen molar-refractivity contribution in [2.75, 3.05) is 37.7 Å². The van der Waals surface area contributed by atoms with E-state index in [0.717, 1.165) is 81.4 Å². The number of aryl methyl sites for hydroxylation is 1. The van der Waals surface area contributed by atoms with Gasteiger partial charge in [-0.1, -0.05) is 29.8 Å². The molecule has 2 aliphatic heterocycles. The zero-order chi connectivity index (χ0) is 19.8. The molecule has 5 rings (SSSR count). The smallest absolute Gasteiger partial charge is 0.225 e. The minimum atomic E-state index is 0.255. The molecule has 0 atom stereocenters. The zero-order valence-electron chi connectivity index (χ0n) is 17.1. The van der Waals surface area contributed by atoms with Crippen molar-refractivity contribution in [3.05, 3.63) is 52.5 Å². The van der Waals surface area contributed by atoms with Crippen LogP contribution in [0.3, 0.4) is 0 Å². The number of morpholine rings is 1. The second-order valence-electron chi connectivity index (χ2n) is 8.44. The Morgan fingerprint density at radius 2 is 2.00 bits per heavy atom. The van der Waals surface area contributed by atoms with Crippen molar-refractivity contribution >= 4 is 11.7 Å². The number of ether oxygens (including phenoxy) is 1. The van der Waals surface area contributed by atoms with E-state index in [1.807, 2.05) is 4.90 Å². The molecule has 3 aliphatic rings. The Bertz CT molecular complexity index is 919. The maximum atomic E-state index is 12.6. The third-order valence-corrected chi connectivity index (χ3v) is 6.08. The number of anilines is 1. The van der Waals surface area contributed by atoms with Crippen molar-refractivity contribution < 1.29 is 9.53 Å². The summed E-state index contributed by atoms with van der Waals surface area (Å²) in [6, 6.07) is 8.54. The van der Waals surface area contributed by atoms with Gasteiger partial charge in [0.05, 0.1) is 25.5 Å². The lowest BCUT2D eigenvalue weighted by Gasteiger charge is -2.34. The van der Waals surface area contributed by atoms with E-state index >= 15 is 0 Å². The lowest BCUT2D eigenvalue weighted by molar-refractivity contribution is -0.133. The van der Waals surface area contributed by atoms with Gasteiger partial charge in [-0.2, -0.15) is 0 Å². The molecule has 0 N–H and O–H groups in total. The fourth-order valence-electron chi connectivity index (χ4n) is 4.34. The first-order valence-electron chi connectivity index (χ1n) is 10.7. The van der Waals surface area contributed by atoms with Crippen molar-refractivity contribution in [2.45, 2.75) is 39.2 Å². The van der Waals surface area contributed by atoms with Gasteiger partial charge in [0.25, 0.3) is 0 Å². The van der Waals surface area contributed by atoms with E-state index in [0.29, 0.717) is 12.5 Å². The minimum absolute atomic E-state index is 0.255. The summed E-state index contributed by atoms with van der Waals surface area (Å²) in [4.78, 5) is 26.9. The van der Waals surface area contributed by atoms with Crippen LogP contribution in [0.15, 0.2) is 24.3 Å². The number of amides is 1. The SMILES string of the molecule is Cc1cccc(Cc2nc3c(c(N4CCOCC4)n2)CN(C(=O)C2CC2)CC3)c1. The van der Waals surface area contributed by atoms with Gasteiger partial charge in [-0.05, 0) is 25.3 Å². The molecule has 0 bridgehead atoms. The molecule has 2 aromatic rings. The van der Waals surface area contributed by atoms with Gasteiger partial charge in [0.1, 0.15) is 11.6 Å². The molecule has 3 heterocycles. The van der Waals surface area contributed by atoms with Gasteiger partial charge in [0.15, 0.2) is 0 Å². The molecule has 2 fully saturated rings. The normalized spacial score (nSPS) is 19.2. The topological polar surface area (TPSA) is 58.6 Å². The monoisotopic (exact) mass is 392 g/mol. The zero-order valence-corrected chi connectivity index (χ0v) is 17.1. The predicted octanol–water partition coefficient (Wildman–Crippen LogP) is 2.51. The van der Waals surface area contributed by atoms with E-state index in [1.54, 1.807) is 0 Å². The number of rotatable bonds is 4. The van der Waals surface area contributed by atoms with Gasteiger partial charge in [0, 0.05) is 44.0 Å². The van der Waals surface area contributed by atoms with Crippen LogP contribution in [-0.4, -0.2) is 53.6 Å². The van der Waals surface area contributed by atoms with E-state index in [1.165, 1.54) is 11.1 Å². The van der Waals surface area contributed by atoms with Gasteiger partial charge >= 0.3 is 0 Å². The molecule has 1 saturated heterocycles. The van der Waals surface area contributed by atoms with Crippen LogP contribution in [0.2, 0.25) is 0 Å². The Morgan fingerprint density at radius 1 is 1.17 bits per heavy atom. The Morgan fingerprint density at radius 3 is 2.76 bits per heavy atom. The molecule has 1 saturated carbocycles. The number of nitrogens with zero attached hydrogens (tertiary/aromatic N) is 4. The second kappa shape index (κ2) is 7.75. The largest absolute Gasteiger partial charge is 0.378 e. The average Bonchev–Trinajstić information content (AvgIpc) is 3.58. The Balaban J connectivity index is 1.48. The molecule has 1 aromatic carbocycles. The third-order valence-electron chi connectivity index (χ3n) is 6.08. The number of carbonyl (C=O) groups is 1. The van der Waals surface area contributed by atoms with E-state index in [2.05, 4.69) is 36.1 Å². The Labute approximate surface area is 171 Å². The highest BCUT2D eigenvalue weighted by Crippen LogP contribution is 2.34.